The van der Waals surface area contributed by atoms with Crippen molar-refractivity contribution in [1.82, 2.24) is 4.72 Å². The number of hydrogen-bond donors (Lipinski definition) is 1. The molecular formula is C17H15NO5S. The third-order valence-electron chi connectivity index (χ3n) is 3.83. The Kier molecular flexibility index (Phi) is 3.66. The second-order valence-electron chi connectivity index (χ2n) is 5.44. The van der Waals surface area contributed by atoms with E-state index >= 15 is 0 Å². The van der Waals surface area contributed by atoms with Crippen LogP contribution in [0.3, 0.4) is 0 Å². The molecule has 2 aromatic heterocycles. The molecule has 1 aliphatic rings. The summed E-state index contributed by atoms with van der Waals surface area (Å²) in [6, 6.07) is 11.9. The van der Waals surface area contributed by atoms with Crippen LogP contribution in [0, 0.1) is 0 Å². The zero-order valence-electron chi connectivity index (χ0n) is 12.7. The molecule has 0 aliphatic carbocycles. The summed E-state index contributed by atoms with van der Waals surface area (Å²) in [7, 11) is -3.61. The quantitative estimate of drug-likeness (QED) is 0.769. The summed E-state index contributed by atoms with van der Waals surface area (Å²) in [5.74, 6) is 2.42. The van der Waals surface area contributed by atoms with E-state index in [4.69, 9.17) is 13.6 Å². The van der Waals surface area contributed by atoms with Crippen LogP contribution in [0.5, 0.6) is 5.75 Å². The van der Waals surface area contributed by atoms with Crippen LogP contribution in [0.4, 0.5) is 0 Å². The molecule has 0 saturated carbocycles. The zero-order valence-corrected chi connectivity index (χ0v) is 13.5. The maximum absolute atomic E-state index is 12.4. The second kappa shape index (κ2) is 5.85. The van der Waals surface area contributed by atoms with Gasteiger partial charge in [0.25, 0.3) is 0 Å². The van der Waals surface area contributed by atoms with Gasteiger partial charge in [-0.25, -0.2) is 13.1 Å². The van der Waals surface area contributed by atoms with Crippen molar-refractivity contribution in [3.8, 4) is 17.3 Å². The molecule has 6 nitrogen and oxygen atoms in total. The SMILES string of the molecule is O=S(=O)(NCc1ccc(-c2ccco2)o1)c1ccc2c(c1)CCO2. The lowest BCUT2D eigenvalue weighted by Gasteiger charge is -2.07. The van der Waals surface area contributed by atoms with Crippen LogP contribution in [-0.2, 0) is 23.0 Å². The van der Waals surface area contributed by atoms with Crippen LogP contribution >= 0.6 is 0 Å². The molecule has 0 radical (unpaired) electrons. The number of benzene rings is 1. The lowest BCUT2D eigenvalue weighted by molar-refractivity contribution is 0.356. The van der Waals surface area contributed by atoms with Gasteiger partial charge in [-0.1, -0.05) is 0 Å². The maximum Gasteiger partial charge on any atom is 0.240 e. The Morgan fingerprint density at radius 2 is 2.00 bits per heavy atom. The fourth-order valence-electron chi connectivity index (χ4n) is 2.60. The van der Waals surface area contributed by atoms with Crippen molar-refractivity contribution >= 4 is 10.0 Å². The molecule has 24 heavy (non-hydrogen) atoms. The van der Waals surface area contributed by atoms with Gasteiger partial charge in [0.15, 0.2) is 11.5 Å². The Bertz CT molecular complexity index is 957. The van der Waals surface area contributed by atoms with E-state index in [2.05, 4.69) is 4.72 Å². The van der Waals surface area contributed by atoms with E-state index in [0.29, 0.717) is 23.9 Å². The average molecular weight is 345 g/mol. The summed E-state index contributed by atoms with van der Waals surface area (Å²) in [6.07, 6.45) is 2.28. The van der Waals surface area contributed by atoms with E-state index in [0.717, 1.165) is 17.7 Å². The minimum atomic E-state index is -3.61. The number of rotatable bonds is 5. The number of hydrogen-bond acceptors (Lipinski definition) is 5. The highest BCUT2D eigenvalue weighted by Crippen LogP contribution is 2.28. The first-order valence-corrected chi connectivity index (χ1v) is 8.98. The van der Waals surface area contributed by atoms with Gasteiger partial charge < -0.3 is 13.6 Å². The lowest BCUT2D eigenvalue weighted by atomic mass is 10.2. The molecule has 0 saturated heterocycles. The van der Waals surface area contributed by atoms with Gasteiger partial charge in [-0.2, -0.15) is 0 Å². The molecule has 0 atom stereocenters. The molecule has 4 rings (SSSR count). The second-order valence-corrected chi connectivity index (χ2v) is 7.20. The van der Waals surface area contributed by atoms with Crippen molar-refractivity contribution in [2.45, 2.75) is 17.9 Å². The van der Waals surface area contributed by atoms with E-state index in [9.17, 15) is 8.42 Å². The lowest BCUT2D eigenvalue weighted by Crippen LogP contribution is -2.23. The number of nitrogens with one attached hydrogen (secondary N) is 1. The number of fused-ring (bicyclic) bond motifs is 1. The van der Waals surface area contributed by atoms with Crippen LogP contribution in [0.1, 0.15) is 11.3 Å². The first kappa shape index (κ1) is 15.0. The van der Waals surface area contributed by atoms with Crippen molar-refractivity contribution in [2.24, 2.45) is 0 Å². The van der Waals surface area contributed by atoms with Gasteiger partial charge in [-0.3, -0.25) is 0 Å². The molecule has 7 heteroatoms. The predicted molar refractivity (Wildman–Crippen MR) is 86.1 cm³/mol. The fourth-order valence-corrected chi connectivity index (χ4v) is 3.65. The normalized spacial score (nSPS) is 13.7. The molecule has 3 aromatic rings. The molecule has 0 fully saturated rings. The van der Waals surface area contributed by atoms with Gasteiger partial charge in [0.1, 0.15) is 11.5 Å². The monoisotopic (exact) mass is 345 g/mol. The Labute approximate surface area is 139 Å². The molecule has 1 N–H and O–H groups in total. The first-order valence-electron chi connectivity index (χ1n) is 7.50. The fraction of sp³-hybridized carbons (Fsp3) is 0.176. The summed E-state index contributed by atoms with van der Waals surface area (Å²) in [5.41, 5.74) is 0.913. The van der Waals surface area contributed by atoms with Crippen molar-refractivity contribution in [2.75, 3.05) is 6.61 Å². The van der Waals surface area contributed by atoms with E-state index in [1.54, 1.807) is 48.7 Å². The predicted octanol–water partition coefficient (Wildman–Crippen LogP) is 2.95. The van der Waals surface area contributed by atoms with Gasteiger partial charge in [0.2, 0.25) is 10.0 Å². The van der Waals surface area contributed by atoms with Gasteiger partial charge >= 0.3 is 0 Å². The van der Waals surface area contributed by atoms with Crippen molar-refractivity contribution in [1.29, 1.82) is 0 Å². The third kappa shape index (κ3) is 2.83. The van der Waals surface area contributed by atoms with Crippen LogP contribution in [0.25, 0.3) is 11.5 Å². The molecular weight excluding hydrogens is 330 g/mol. The Balaban J connectivity index is 1.49. The van der Waals surface area contributed by atoms with Gasteiger partial charge in [0.05, 0.1) is 24.3 Å². The molecule has 3 heterocycles. The third-order valence-corrected chi connectivity index (χ3v) is 5.23. The molecule has 1 aromatic carbocycles. The highest BCUT2D eigenvalue weighted by molar-refractivity contribution is 7.89. The Hall–Kier alpha value is -2.51. The van der Waals surface area contributed by atoms with E-state index in [-0.39, 0.29) is 11.4 Å². The zero-order chi connectivity index (χ0) is 16.6. The average Bonchev–Trinajstić information content (AvgIpc) is 3.32. The summed E-state index contributed by atoms with van der Waals surface area (Å²) in [4.78, 5) is 0.226. The largest absolute Gasteiger partial charge is 0.493 e. The molecule has 0 bridgehead atoms. The molecule has 0 amide bonds. The minimum absolute atomic E-state index is 0.0661. The maximum atomic E-state index is 12.4. The molecule has 0 unspecified atom stereocenters. The van der Waals surface area contributed by atoms with Crippen LogP contribution in [0.15, 0.2) is 62.5 Å². The van der Waals surface area contributed by atoms with Gasteiger partial charge in [0, 0.05) is 6.42 Å². The number of furan rings is 2. The van der Waals surface area contributed by atoms with E-state index in [1.807, 2.05) is 0 Å². The summed E-state index contributed by atoms with van der Waals surface area (Å²) < 4.78 is 43.6. The number of sulfonamides is 1. The van der Waals surface area contributed by atoms with E-state index < -0.39 is 10.0 Å². The Morgan fingerprint density at radius 1 is 1.08 bits per heavy atom. The van der Waals surface area contributed by atoms with Gasteiger partial charge in [-0.05, 0) is 48.0 Å². The first-order chi connectivity index (χ1) is 11.6. The Morgan fingerprint density at radius 3 is 2.83 bits per heavy atom. The van der Waals surface area contributed by atoms with Crippen molar-refractivity contribution in [3.05, 3.63) is 60.1 Å². The van der Waals surface area contributed by atoms with Crippen LogP contribution in [-0.4, -0.2) is 15.0 Å². The summed E-state index contributed by atoms with van der Waals surface area (Å²) in [6.45, 7) is 0.658. The van der Waals surface area contributed by atoms with E-state index in [1.165, 1.54) is 0 Å². The van der Waals surface area contributed by atoms with Crippen molar-refractivity contribution in [3.63, 3.8) is 0 Å². The molecule has 0 spiro atoms. The van der Waals surface area contributed by atoms with Crippen LogP contribution < -0.4 is 9.46 Å². The smallest absolute Gasteiger partial charge is 0.240 e. The molecule has 1 aliphatic heterocycles. The highest BCUT2D eigenvalue weighted by atomic mass is 32.2. The van der Waals surface area contributed by atoms with Crippen LogP contribution in [0.2, 0.25) is 0 Å². The van der Waals surface area contributed by atoms with Gasteiger partial charge in [-0.15, -0.1) is 0 Å². The number of ether oxygens (including phenoxy) is 1. The van der Waals surface area contributed by atoms with Crippen molar-refractivity contribution < 1.29 is 22.0 Å². The minimum Gasteiger partial charge on any atom is -0.493 e. The topological polar surface area (TPSA) is 81.7 Å². The highest BCUT2D eigenvalue weighted by Gasteiger charge is 2.19. The molecule has 124 valence electrons. The summed E-state index contributed by atoms with van der Waals surface area (Å²) in [5, 5.41) is 0. The standard InChI is InChI=1S/C17H15NO5S/c19-24(20,14-4-6-15-12(10-14)7-9-22-15)18-11-13-3-5-17(23-13)16-2-1-8-21-16/h1-6,8,10,18H,7,9,11H2. The summed E-state index contributed by atoms with van der Waals surface area (Å²) >= 11 is 0.